The van der Waals surface area contributed by atoms with Gasteiger partial charge >= 0.3 is 11.9 Å². The molecule has 0 saturated heterocycles. The molecule has 0 aromatic heterocycles. The van der Waals surface area contributed by atoms with Crippen LogP contribution in [0.2, 0.25) is 0 Å². The maximum absolute atomic E-state index is 11.0. The van der Waals surface area contributed by atoms with E-state index in [0.29, 0.717) is 0 Å². The Labute approximate surface area is 72.6 Å². The van der Waals surface area contributed by atoms with E-state index in [1.807, 2.05) is 0 Å². The van der Waals surface area contributed by atoms with Crippen LogP contribution >= 0.6 is 0 Å². The van der Waals surface area contributed by atoms with E-state index in [4.69, 9.17) is 1.37 Å². The van der Waals surface area contributed by atoms with Gasteiger partial charge in [0.2, 0.25) is 0 Å². The van der Waals surface area contributed by atoms with Gasteiger partial charge in [-0.2, -0.15) is 0 Å². The predicted octanol–water partition coefficient (Wildman–Crippen LogP) is 0.525. The van der Waals surface area contributed by atoms with E-state index in [1.54, 1.807) is 0 Å². The highest BCUT2D eigenvalue weighted by atomic mass is 16.5. The Morgan fingerprint density at radius 3 is 2.33 bits per heavy atom. The van der Waals surface area contributed by atoms with Crippen LogP contribution in [0.1, 0.15) is 7.79 Å². The van der Waals surface area contributed by atoms with Crippen LogP contribution in [0.5, 0.6) is 0 Å². The molecule has 0 atom stereocenters. The van der Waals surface area contributed by atoms with Crippen LogP contribution in [0.25, 0.3) is 0 Å². The van der Waals surface area contributed by atoms with Gasteiger partial charge in [-0.3, -0.25) is 9.59 Å². The Morgan fingerprint density at radius 2 is 2.00 bits per heavy atom. The molecule has 4 nitrogen and oxygen atoms in total. The molecule has 0 N–H and O–H groups in total. The van der Waals surface area contributed by atoms with Crippen molar-refractivity contribution in [1.29, 1.82) is 0 Å². The summed E-state index contributed by atoms with van der Waals surface area (Å²) >= 11 is 0. The molecule has 0 spiro atoms. The number of methoxy groups -OCH3 is 2. The molecule has 0 aromatic carbocycles. The quantitative estimate of drug-likeness (QED) is 0.353. The zero-order chi connectivity index (χ0) is 10.3. The topological polar surface area (TPSA) is 52.6 Å². The van der Waals surface area contributed by atoms with Crippen molar-refractivity contribution in [1.82, 2.24) is 0 Å². The van der Waals surface area contributed by atoms with Crippen molar-refractivity contribution < 1.29 is 20.4 Å². The Kier molecular flexibility index (Phi) is 3.91. The van der Waals surface area contributed by atoms with Crippen LogP contribution in [-0.4, -0.2) is 26.2 Å². The van der Waals surface area contributed by atoms with E-state index >= 15 is 0 Å². The van der Waals surface area contributed by atoms with Crippen LogP contribution in [0.15, 0.2) is 12.6 Å². The highest BCUT2D eigenvalue weighted by molar-refractivity contribution is 5.94. The molecule has 68 valence electrons. The molecule has 0 amide bonds. The molecule has 0 aromatic rings. The lowest BCUT2D eigenvalue weighted by Crippen LogP contribution is -2.25. The van der Waals surface area contributed by atoms with E-state index in [9.17, 15) is 9.59 Å². The summed E-state index contributed by atoms with van der Waals surface area (Å²) in [6.07, 6.45) is 1.52. The first kappa shape index (κ1) is 8.77. The highest BCUT2D eigenvalue weighted by Gasteiger charge is 2.26. The molecule has 4 heteroatoms. The Balaban J connectivity index is 4.35. The van der Waals surface area contributed by atoms with E-state index < -0.39 is 17.9 Å². The van der Waals surface area contributed by atoms with Gasteiger partial charge in [-0.15, -0.1) is 6.55 Å². The number of allylic oxidation sites excluding steroid dienone is 1. The highest BCUT2D eigenvalue weighted by Crippen LogP contribution is 2.07. The number of carbonyl (C=O) groups excluding carboxylic acids is 2. The SMILES string of the molecule is [2H]C=CCC(C(=O)OC)C(=O)OC. The molecule has 0 fully saturated rings. The van der Waals surface area contributed by atoms with Crippen LogP contribution in [0, 0.1) is 5.92 Å². The van der Waals surface area contributed by atoms with Crippen molar-refractivity contribution in [2.75, 3.05) is 14.2 Å². The van der Waals surface area contributed by atoms with Gasteiger partial charge in [0.1, 0.15) is 0 Å². The molecule has 0 aliphatic rings. The summed E-state index contributed by atoms with van der Waals surface area (Å²) in [5, 5.41) is 0. The number of esters is 2. The maximum atomic E-state index is 11.0. The number of hydrogen-bond acceptors (Lipinski definition) is 4. The second-order valence-electron chi connectivity index (χ2n) is 2.07. The number of rotatable bonds is 4. The molecule has 0 rings (SSSR count). The lowest BCUT2D eigenvalue weighted by molar-refractivity contribution is -0.158. The second kappa shape index (κ2) is 5.35. The fraction of sp³-hybridized carbons (Fsp3) is 0.500. The summed E-state index contributed by atoms with van der Waals surface area (Å²) in [6, 6.07) is 0. The standard InChI is InChI=1S/C8H12O4/c1-4-5-6(7(9)11-2)8(10)12-3/h4,6H,1,5H2,2-3H3/i1D. The third-order valence-electron chi connectivity index (χ3n) is 1.34. The molecule has 0 radical (unpaired) electrons. The first-order valence-corrected chi connectivity index (χ1v) is 3.36. The minimum Gasteiger partial charge on any atom is -0.468 e. The number of ether oxygens (including phenoxy) is 2. The molecular weight excluding hydrogens is 160 g/mol. The molecule has 12 heavy (non-hydrogen) atoms. The van der Waals surface area contributed by atoms with Crippen LogP contribution in [0.4, 0.5) is 0 Å². The van der Waals surface area contributed by atoms with Crippen molar-refractivity contribution >= 4 is 11.9 Å². The average molecular weight is 173 g/mol. The summed E-state index contributed by atoms with van der Waals surface area (Å²) in [7, 11) is 2.39. The van der Waals surface area contributed by atoms with Crippen molar-refractivity contribution in [3.8, 4) is 0 Å². The molecule has 0 unspecified atom stereocenters. The molecule has 0 heterocycles. The summed E-state index contributed by atoms with van der Waals surface area (Å²) in [5.74, 6) is -2.26. The summed E-state index contributed by atoms with van der Waals surface area (Å²) in [4.78, 5) is 22.0. The lowest BCUT2D eigenvalue weighted by Gasteiger charge is -2.08. The van der Waals surface area contributed by atoms with Crippen LogP contribution in [0.3, 0.4) is 0 Å². The van der Waals surface area contributed by atoms with Crippen LogP contribution < -0.4 is 0 Å². The lowest BCUT2D eigenvalue weighted by atomic mass is 10.1. The molecule has 0 aliphatic carbocycles. The minimum atomic E-state index is -0.961. The third kappa shape index (κ3) is 2.74. The largest absolute Gasteiger partial charge is 0.468 e. The number of carbonyl (C=O) groups is 2. The Morgan fingerprint density at radius 1 is 1.50 bits per heavy atom. The average Bonchev–Trinajstić information content (AvgIpc) is 2.17. The number of hydrogen-bond donors (Lipinski definition) is 0. The van der Waals surface area contributed by atoms with Crippen molar-refractivity contribution in [3.05, 3.63) is 12.6 Å². The molecule has 0 bridgehead atoms. The Bertz CT molecular complexity index is 196. The van der Waals surface area contributed by atoms with Gasteiger partial charge in [-0.25, -0.2) is 0 Å². The third-order valence-corrected chi connectivity index (χ3v) is 1.34. The first-order valence-electron chi connectivity index (χ1n) is 3.94. The fourth-order valence-corrected chi connectivity index (χ4v) is 0.709. The van der Waals surface area contributed by atoms with Gasteiger partial charge in [-0.1, -0.05) is 6.08 Å². The monoisotopic (exact) mass is 173 g/mol. The Hall–Kier alpha value is -1.32. The molecule has 0 aliphatic heterocycles. The van der Waals surface area contributed by atoms with Gasteiger partial charge in [0.05, 0.1) is 15.6 Å². The van der Waals surface area contributed by atoms with E-state index in [0.717, 1.165) is 6.55 Å². The smallest absolute Gasteiger partial charge is 0.320 e. The van der Waals surface area contributed by atoms with Crippen molar-refractivity contribution in [3.63, 3.8) is 0 Å². The van der Waals surface area contributed by atoms with Gasteiger partial charge in [0.25, 0.3) is 0 Å². The molecule has 0 saturated carbocycles. The van der Waals surface area contributed by atoms with E-state index in [-0.39, 0.29) is 6.42 Å². The van der Waals surface area contributed by atoms with Gasteiger partial charge in [0, 0.05) is 0 Å². The zero-order valence-electron chi connectivity index (χ0n) is 8.07. The fourth-order valence-electron chi connectivity index (χ4n) is 0.709. The minimum absolute atomic E-state index is 0.128. The summed E-state index contributed by atoms with van der Waals surface area (Å²) < 4.78 is 15.5. The van der Waals surface area contributed by atoms with Gasteiger partial charge < -0.3 is 9.47 Å². The molecular formula is C8H12O4. The first-order chi connectivity index (χ1) is 6.17. The second-order valence-corrected chi connectivity index (χ2v) is 2.07. The normalized spacial score (nSPS) is 11.4. The van der Waals surface area contributed by atoms with Crippen molar-refractivity contribution in [2.24, 2.45) is 5.92 Å². The summed E-state index contributed by atoms with van der Waals surface area (Å²) in [6.45, 7) is 1.01. The van der Waals surface area contributed by atoms with Crippen molar-refractivity contribution in [2.45, 2.75) is 6.42 Å². The van der Waals surface area contributed by atoms with E-state index in [2.05, 4.69) is 9.47 Å². The maximum Gasteiger partial charge on any atom is 0.320 e. The zero-order valence-corrected chi connectivity index (χ0v) is 7.07. The predicted molar refractivity (Wildman–Crippen MR) is 42.3 cm³/mol. The van der Waals surface area contributed by atoms with E-state index in [1.165, 1.54) is 20.3 Å². The van der Waals surface area contributed by atoms with Crippen LogP contribution in [-0.2, 0) is 19.1 Å². The van der Waals surface area contributed by atoms with Gasteiger partial charge in [-0.05, 0) is 6.42 Å². The van der Waals surface area contributed by atoms with Gasteiger partial charge in [0.15, 0.2) is 5.92 Å². The summed E-state index contributed by atoms with van der Waals surface area (Å²) in [5.41, 5.74) is 0.